The number of alkyl halides is 1. The van der Waals surface area contributed by atoms with E-state index >= 15 is 0 Å². The first-order valence-corrected chi connectivity index (χ1v) is 5.23. The van der Waals surface area contributed by atoms with Gasteiger partial charge in [-0.15, -0.1) is 22.9 Å². The standard InChI is InChI=1S/C9H7ClN2S/c10-6-7-3-4-11-9(12-7)8-2-1-5-13-8/h1-5H,6H2. The maximum absolute atomic E-state index is 5.67. The van der Waals surface area contributed by atoms with Crippen LogP contribution in [0, 0.1) is 0 Å². The Morgan fingerprint density at radius 1 is 1.38 bits per heavy atom. The molecule has 0 aliphatic carbocycles. The van der Waals surface area contributed by atoms with Crippen molar-refractivity contribution in [1.82, 2.24) is 9.97 Å². The number of thiophene rings is 1. The minimum atomic E-state index is 0.431. The highest BCUT2D eigenvalue weighted by Gasteiger charge is 2.01. The predicted molar refractivity (Wildman–Crippen MR) is 54.9 cm³/mol. The largest absolute Gasteiger partial charge is 0.236 e. The third-order valence-corrected chi connectivity index (χ3v) is 2.73. The van der Waals surface area contributed by atoms with Crippen LogP contribution in [0.3, 0.4) is 0 Å². The van der Waals surface area contributed by atoms with Gasteiger partial charge in [0.2, 0.25) is 0 Å². The monoisotopic (exact) mass is 210 g/mol. The van der Waals surface area contributed by atoms with E-state index in [9.17, 15) is 0 Å². The molecule has 0 bridgehead atoms. The molecule has 0 aromatic carbocycles. The Kier molecular flexibility index (Phi) is 2.57. The van der Waals surface area contributed by atoms with Crippen LogP contribution in [0.4, 0.5) is 0 Å². The minimum absolute atomic E-state index is 0.431. The number of nitrogens with zero attached hydrogens (tertiary/aromatic N) is 2. The van der Waals surface area contributed by atoms with Crippen molar-refractivity contribution in [1.29, 1.82) is 0 Å². The zero-order chi connectivity index (χ0) is 9.10. The Hall–Kier alpha value is -0.930. The lowest BCUT2D eigenvalue weighted by atomic mass is 10.4. The Morgan fingerprint density at radius 3 is 3.00 bits per heavy atom. The summed E-state index contributed by atoms with van der Waals surface area (Å²) in [7, 11) is 0. The van der Waals surface area contributed by atoms with Gasteiger partial charge in [-0.05, 0) is 17.5 Å². The van der Waals surface area contributed by atoms with Gasteiger partial charge >= 0.3 is 0 Å². The van der Waals surface area contributed by atoms with Gasteiger partial charge in [0.05, 0.1) is 16.5 Å². The van der Waals surface area contributed by atoms with E-state index in [1.807, 2.05) is 23.6 Å². The van der Waals surface area contributed by atoms with Gasteiger partial charge in [0.25, 0.3) is 0 Å². The van der Waals surface area contributed by atoms with Gasteiger partial charge in [0, 0.05) is 6.20 Å². The fraction of sp³-hybridized carbons (Fsp3) is 0.111. The number of halogens is 1. The van der Waals surface area contributed by atoms with E-state index in [-0.39, 0.29) is 0 Å². The first-order chi connectivity index (χ1) is 6.40. The fourth-order valence-electron chi connectivity index (χ4n) is 0.995. The summed E-state index contributed by atoms with van der Waals surface area (Å²) in [5, 5.41) is 2.01. The molecule has 66 valence electrons. The molecular weight excluding hydrogens is 204 g/mol. The Bertz CT molecular complexity index is 386. The Morgan fingerprint density at radius 2 is 2.31 bits per heavy atom. The minimum Gasteiger partial charge on any atom is -0.236 e. The highest BCUT2D eigenvalue weighted by atomic mass is 35.5. The molecule has 0 amide bonds. The molecule has 2 aromatic rings. The summed E-state index contributed by atoms with van der Waals surface area (Å²) in [6, 6.07) is 5.80. The fourth-order valence-corrected chi connectivity index (χ4v) is 1.81. The number of hydrogen-bond acceptors (Lipinski definition) is 3. The molecule has 0 saturated heterocycles. The highest BCUT2D eigenvalue weighted by Crippen LogP contribution is 2.20. The summed E-state index contributed by atoms with van der Waals surface area (Å²) in [5.41, 5.74) is 0.861. The van der Waals surface area contributed by atoms with Crippen LogP contribution < -0.4 is 0 Å². The van der Waals surface area contributed by atoms with Gasteiger partial charge in [-0.1, -0.05) is 6.07 Å². The molecule has 13 heavy (non-hydrogen) atoms. The molecular formula is C9H7ClN2S. The van der Waals surface area contributed by atoms with Gasteiger partial charge < -0.3 is 0 Å². The quantitative estimate of drug-likeness (QED) is 0.713. The zero-order valence-corrected chi connectivity index (χ0v) is 8.35. The lowest BCUT2D eigenvalue weighted by Gasteiger charge is -1.97. The van der Waals surface area contributed by atoms with Crippen molar-refractivity contribution in [2.45, 2.75) is 5.88 Å². The first-order valence-electron chi connectivity index (χ1n) is 3.82. The van der Waals surface area contributed by atoms with Gasteiger partial charge in [-0.25, -0.2) is 9.97 Å². The second kappa shape index (κ2) is 3.85. The van der Waals surface area contributed by atoms with Crippen molar-refractivity contribution in [3.63, 3.8) is 0 Å². The summed E-state index contributed by atoms with van der Waals surface area (Å²) in [6.07, 6.45) is 1.74. The summed E-state index contributed by atoms with van der Waals surface area (Å²) >= 11 is 7.30. The average molecular weight is 211 g/mol. The van der Waals surface area contributed by atoms with Gasteiger partial charge in [0.1, 0.15) is 0 Å². The predicted octanol–water partition coefficient (Wildman–Crippen LogP) is 2.94. The van der Waals surface area contributed by atoms with Crippen LogP contribution in [0.5, 0.6) is 0 Å². The topological polar surface area (TPSA) is 25.8 Å². The summed E-state index contributed by atoms with van der Waals surface area (Å²) in [5.74, 6) is 1.19. The molecule has 0 spiro atoms. The van der Waals surface area contributed by atoms with Crippen LogP contribution in [0.1, 0.15) is 5.69 Å². The maximum atomic E-state index is 5.67. The first kappa shape index (κ1) is 8.66. The number of aromatic nitrogens is 2. The summed E-state index contributed by atoms with van der Waals surface area (Å²) in [4.78, 5) is 9.55. The lowest BCUT2D eigenvalue weighted by Crippen LogP contribution is -1.90. The highest BCUT2D eigenvalue weighted by molar-refractivity contribution is 7.13. The van der Waals surface area contributed by atoms with E-state index in [1.165, 1.54) is 0 Å². The van der Waals surface area contributed by atoms with E-state index in [0.717, 1.165) is 16.4 Å². The number of hydrogen-bond donors (Lipinski definition) is 0. The second-order valence-corrected chi connectivity index (χ2v) is 3.70. The van der Waals surface area contributed by atoms with Crippen LogP contribution in [0.25, 0.3) is 10.7 Å². The zero-order valence-electron chi connectivity index (χ0n) is 6.77. The summed E-state index contributed by atoms with van der Waals surface area (Å²) in [6.45, 7) is 0. The van der Waals surface area contributed by atoms with Crippen LogP contribution in [-0.4, -0.2) is 9.97 Å². The van der Waals surface area contributed by atoms with Crippen LogP contribution in [-0.2, 0) is 5.88 Å². The van der Waals surface area contributed by atoms with Crippen molar-refractivity contribution in [2.24, 2.45) is 0 Å². The second-order valence-electron chi connectivity index (χ2n) is 2.48. The van der Waals surface area contributed by atoms with Crippen molar-refractivity contribution in [3.8, 4) is 10.7 Å². The van der Waals surface area contributed by atoms with Crippen molar-refractivity contribution >= 4 is 22.9 Å². The van der Waals surface area contributed by atoms with Crippen LogP contribution >= 0.6 is 22.9 Å². The molecule has 2 aromatic heterocycles. The van der Waals surface area contributed by atoms with E-state index in [0.29, 0.717) is 5.88 Å². The molecule has 0 atom stereocenters. The number of rotatable bonds is 2. The third kappa shape index (κ3) is 1.87. The summed E-state index contributed by atoms with van der Waals surface area (Å²) < 4.78 is 0. The SMILES string of the molecule is ClCc1ccnc(-c2cccs2)n1. The Labute approximate surface area is 85.2 Å². The van der Waals surface area contributed by atoms with Crippen molar-refractivity contribution in [2.75, 3.05) is 0 Å². The Balaban J connectivity index is 2.41. The molecule has 0 saturated carbocycles. The molecule has 0 N–H and O–H groups in total. The van der Waals surface area contributed by atoms with Gasteiger partial charge in [-0.3, -0.25) is 0 Å². The molecule has 0 radical (unpaired) electrons. The molecule has 2 rings (SSSR count). The normalized spacial score (nSPS) is 10.2. The lowest BCUT2D eigenvalue weighted by molar-refractivity contribution is 1.10. The van der Waals surface area contributed by atoms with E-state index in [1.54, 1.807) is 17.5 Å². The van der Waals surface area contributed by atoms with Crippen LogP contribution in [0.15, 0.2) is 29.8 Å². The molecule has 0 unspecified atom stereocenters. The molecule has 0 aliphatic heterocycles. The van der Waals surface area contributed by atoms with Gasteiger partial charge in [-0.2, -0.15) is 0 Å². The van der Waals surface area contributed by atoms with E-state index in [4.69, 9.17) is 11.6 Å². The average Bonchev–Trinajstić information content (AvgIpc) is 2.71. The van der Waals surface area contributed by atoms with Crippen molar-refractivity contribution < 1.29 is 0 Å². The van der Waals surface area contributed by atoms with E-state index in [2.05, 4.69) is 9.97 Å². The van der Waals surface area contributed by atoms with Gasteiger partial charge in [0.15, 0.2) is 5.82 Å². The molecule has 0 fully saturated rings. The molecule has 4 heteroatoms. The van der Waals surface area contributed by atoms with Crippen molar-refractivity contribution in [3.05, 3.63) is 35.5 Å². The smallest absolute Gasteiger partial charge is 0.169 e. The van der Waals surface area contributed by atoms with Crippen LogP contribution in [0.2, 0.25) is 0 Å². The third-order valence-electron chi connectivity index (χ3n) is 1.59. The molecule has 2 heterocycles. The molecule has 0 aliphatic rings. The molecule has 2 nitrogen and oxygen atoms in total. The maximum Gasteiger partial charge on any atom is 0.169 e. The van der Waals surface area contributed by atoms with E-state index < -0.39 is 0 Å².